The number of benzene rings is 1. The van der Waals surface area contributed by atoms with Crippen molar-refractivity contribution in [2.45, 2.75) is 18.9 Å². The van der Waals surface area contributed by atoms with E-state index in [1.807, 2.05) is 6.07 Å². The smallest absolute Gasteiger partial charge is 0.254 e. The molecule has 1 aromatic carbocycles. The minimum atomic E-state index is -0.275. The van der Waals surface area contributed by atoms with Crippen molar-refractivity contribution in [1.29, 1.82) is 0 Å². The van der Waals surface area contributed by atoms with E-state index in [4.69, 9.17) is 0 Å². The molecule has 3 heterocycles. The standard InChI is InChI=1S/C16H16FN5O/c17-12-3-1-11(2-4-12)14-9-15(21-7-5-13(23)6-8-21)22-16(20-14)18-10-19-22/h1-4,9-10,13,23H,5-8H2. The summed E-state index contributed by atoms with van der Waals surface area (Å²) < 4.78 is 14.8. The lowest BCUT2D eigenvalue weighted by Crippen LogP contribution is -2.37. The number of aliphatic hydroxyl groups excluding tert-OH is 1. The monoisotopic (exact) mass is 313 g/mol. The molecule has 0 atom stereocenters. The zero-order chi connectivity index (χ0) is 15.8. The Balaban J connectivity index is 1.79. The number of anilines is 1. The predicted octanol–water partition coefficient (Wildman–Crippen LogP) is 1.89. The molecular formula is C16H16FN5O. The van der Waals surface area contributed by atoms with Crippen LogP contribution < -0.4 is 4.90 Å². The first-order valence-corrected chi connectivity index (χ1v) is 7.60. The zero-order valence-electron chi connectivity index (χ0n) is 12.4. The van der Waals surface area contributed by atoms with Crippen molar-refractivity contribution in [3.8, 4) is 11.3 Å². The molecule has 4 rings (SSSR count). The largest absolute Gasteiger partial charge is 0.393 e. The first kappa shape index (κ1) is 14.1. The molecule has 0 aliphatic carbocycles. The molecule has 1 saturated heterocycles. The van der Waals surface area contributed by atoms with E-state index in [9.17, 15) is 9.50 Å². The first-order chi connectivity index (χ1) is 11.2. The molecule has 23 heavy (non-hydrogen) atoms. The lowest BCUT2D eigenvalue weighted by molar-refractivity contribution is 0.145. The maximum atomic E-state index is 13.1. The third-order valence-electron chi connectivity index (χ3n) is 4.16. The highest BCUT2D eigenvalue weighted by Gasteiger charge is 2.21. The number of rotatable bonds is 2. The fourth-order valence-corrected chi connectivity index (χ4v) is 2.89. The highest BCUT2D eigenvalue weighted by molar-refractivity contribution is 5.65. The van der Waals surface area contributed by atoms with E-state index in [0.29, 0.717) is 5.78 Å². The summed E-state index contributed by atoms with van der Waals surface area (Å²) in [6, 6.07) is 8.18. The van der Waals surface area contributed by atoms with Gasteiger partial charge in [-0.15, -0.1) is 0 Å². The number of halogens is 1. The Morgan fingerprint density at radius 2 is 1.87 bits per heavy atom. The van der Waals surface area contributed by atoms with Gasteiger partial charge < -0.3 is 10.0 Å². The average Bonchev–Trinajstić information content (AvgIpc) is 3.04. The van der Waals surface area contributed by atoms with Crippen molar-refractivity contribution in [2.75, 3.05) is 18.0 Å². The number of aliphatic hydroxyl groups is 1. The summed E-state index contributed by atoms with van der Waals surface area (Å²) in [6.45, 7) is 1.51. The third kappa shape index (κ3) is 2.63. The molecule has 3 aromatic rings. The highest BCUT2D eigenvalue weighted by Crippen LogP contribution is 2.26. The molecule has 1 aliphatic rings. The van der Waals surface area contributed by atoms with E-state index >= 15 is 0 Å². The lowest BCUT2D eigenvalue weighted by Gasteiger charge is -2.31. The second-order valence-electron chi connectivity index (χ2n) is 5.70. The number of hydrogen-bond acceptors (Lipinski definition) is 5. The molecule has 6 nitrogen and oxygen atoms in total. The number of aromatic nitrogens is 4. The van der Waals surface area contributed by atoms with Gasteiger partial charge >= 0.3 is 0 Å². The fraction of sp³-hybridized carbons (Fsp3) is 0.312. The van der Waals surface area contributed by atoms with E-state index < -0.39 is 0 Å². The Morgan fingerprint density at radius 3 is 2.61 bits per heavy atom. The first-order valence-electron chi connectivity index (χ1n) is 7.60. The van der Waals surface area contributed by atoms with Gasteiger partial charge in [0.2, 0.25) is 0 Å². The van der Waals surface area contributed by atoms with Crippen LogP contribution in [0.3, 0.4) is 0 Å². The maximum absolute atomic E-state index is 13.1. The van der Waals surface area contributed by atoms with Crippen molar-refractivity contribution in [3.05, 3.63) is 42.5 Å². The van der Waals surface area contributed by atoms with E-state index in [2.05, 4.69) is 20.0 Å². The molecule has 0 radical (unpaired) electrons. The summed E-state index contributed by atoms with van der Waals surface area (Å²) in [5.41, 5.74) is 1.56. The van der Waals surface area contributed by atoms with Crippen molar-refractivity contribution in [1.82, 2.24) is 19.6 Å². The van der Waals surface area contributed by atoms with Gasteiger partial charge in [-0.1, -0.05) is 0 Å². The van der Waals surface area contributed by atoms with E-state index in [1.54, 1.807) is 16.6 Å². The summed E-state index contributed by atoms with van der Waals surface area (Å²) in [5.74, 6) is 1.12. The maximum Gasteiger partial charge on any atom is 0.254 e. The Labute approximate surface area is 132 Å². The van der Waals surface area contributed by atoms with Crippen LogP contribution in [0, 0.1) is 5.82 Å². The molecule has 0 amide bonds. The zero-order valence-corrected chi connectivity index (χ0v) is 12.4. The van der Waals surface area contributed by atoms with Gasteiger partial charge in [0, 0.05) is 24.7 Å². The predicted molar refractivity (Wildman–Crippen MR) is 83.6 cm³/mol. The van der Waals surface area contributed by atoms with Crippen LogP contribution in [-0.2, 0) is 0 Å². The Kier molecular flexibility index (Phi) is 3.42. The van der Waals surface area contributed by atoms with Crippen LogP contribution in [0.15, 0.2) is 36.7 Å². The van der Waals surface area contributed by atoms with Crippen LogP contribution in [0.25, 0.3) is 17.0 Å². The van der Waals surface area contributed by atoms with Gasteiger partial charge in [-0.3, -0.25) is 0 Å². The van der Waals surface area contributed by atoms with Crippen LogP contribution in [0.2, 0.25) is 0 Å². The van der Waals surface area contributed by atoms with Crippen molar-refractivity contribution >= 4 is 11.6 Å². The SMILES string of the molecule is OC1CCN(c2cc(-c3ccc(F)cc3)nc3ncnn23)CC1. The van der Waals surface area contributed by atoms with Crippen molar-refractivity contribution < 1.29 is 9.50 Å². The normalized spacial score (nSPS) is 16.2. The molecule has 1 N–H and O–H groups in total. The Morgan fingerprint density at radius 1 is 1.13 bits per heavy atom. The molecule has 0 saturated carbocycles. The van der Waals surface area contributed by atoms with E-state index in [1.165, 1.54) is 18.5 Å². The van der Waals surface area contributed by atoms with Crippen LogP contribution >= 0.6 is 0 Å². The molecule has 118 valence electrons. The van der Waals surface area contributed by atoms with Gasteiger partial charge in [0.05, 0.1) is 11.8 Å². The summed E-state index contributed by atoms with van der Waals surface area (Å²) in [7, 11) is 0. The fourth-order valence-electron chi connectivity index (χ4n) is 2.89. The minimum Gasteiger partial charge on any atom is -0.393 e. The molecular weight excluding hydrogens is 297 g/mol. The topological polar surface area (TPSA) is 66.5 Å². The number of nitrogens with zero attached hydrogens (tertiary/aromatic N) is 5. The van der Waals surface area contributed by atoms with Crippen LogP contribution in [0.4, 0.5) is 10.2 Å². The number of fused-ring (bicyclic) bond motifs is 1. The van der Waals surface area contributed by atoms with Crippen molar-refractivity contribution in [2.24, 2.45) is 0 Å². The Hall–Kier alpha value is -2.54. The molecule has 7 heteroatoms. The van der Waals surface area contributed by atoms with Gasteiger partial charge in [-0.05, 0) is 37.1 Å². The van der Waals surface area contributed by atoms with E-state index in [0.717, 1.165) is 43.0 Å². The highest BCUT2D eigenvalue weighted by atomic mass is 19.1. The molecule has 2 aromatic heterocycles. The Bertz CT molecular complexity index is 824. The van der Waals surface area contributed by atoms with Gasteiger partial charge in [-0.25, -0.2) is 9.37 Å². The molecule has 1 aliphatic heterocycles. The minimum absolute atomic E-state index is 0.240. The van der Waals surface area contributed by atoms with Crippen molar-refractivity contribution in [3.63, 3.8) is 0 Å². The summed E-state index contributed by atoms with van der Waals surface area (Å²) in [5, 5.41) is 13.9. The van der Waals surface area contributed by atoms with Gasteiger partial charge in [-0.2, -0.15) is 14.6 Å². The molecule has 1 fully saturated rings. The van der Waals surface area contributed by atoms with Crippen LogP contribution in [0.1, 0.15) is 12.8 Å². The molecule has 0 unspecified atom stereocenters. The summed E-state index contributed by atoms with van der Waals surface area (Å²) in [4.78, 5) is 10.8. The molecule has 0 bridgehead atoms. The second-order valence-corrected chi connectivity index (χ2v) is 5.70. The number of piperidine rings is 1. The number of hydrogen-bond donors (Lipinski definition) is 1. The van der Waals surface area contributed by atoms with E-state index in [-0.39, 0.29) is 11.9 Å². The van der Waals surface area contributed by atoms with Crippen LogP contribution in [0.5, 0.6) is 0 Å². The second kappa shape index (κ2) is 5.58. The van der Waals surface area contributed by atoms with Gasteiger partial charge in [0.15, 0.2) is 0 Å². The average molecular weight is 313 g/mol. The summed E-state index contributed by atoms with van der Waals surface area (Å²) in [6.07, 6.45) is 2.68. The third-order valence-corrected chi connectivity index (χ3v) is 4.16. The van der Waals surface area contributed by atoms with Gasteiger partial charge in [0.1, 0.15) is 18.0 Å². The van der Waals surface area contributed by atoms with Gasteiger partial charge in [0.25, 0.3) is 5.78 Å². The quantitative estimate of drug-likeness (QED) is 0.782. The van der Waals surface area contributed by atoms with Crippen LogP contribution in [-0.4, -0.2) is 43.9 Å². The lowest BCUT2D eigenvalue weighted by atomic mass is 10.1. The summed E-state index contributed by atoms with van der Waals surface area (Å²) >= 11 is 0. The molecule has 0 spiro atoms.